The van der Waals surface area contributed by atoms with Crippen molar-refractivity contribution in [2.24, 2.45) is 4.99 Å². The minimum atomic E-state index is -0.488. The second-order valence-corrected chi connectivity index (χ2v) is 5.58. The van der Waals surface area contributed by atoms with Gasteiger partial charge in [0.05, 0.1) is 0 Å². The van der Waals surface area contributed by atoms with Gasteiger partial charge in [-0.05, 0) is 18.6 Å². The van der Waals surface area contributed by atoms with Crippen molar-refractivity contribution in [3.63, 3.8) is 0 Å². The number of esters is 1. The van der Waals surface area contributed by atoms with Crippen molar-refractivity contribution >= 4 is 17.9 Å². The maximum Gasteiger partial charge on any atom is 0.363 e. The second-order valence-electron chi connectivity index (χ2n) is 5.58. The SMILES string of the molecule is Cc1onc(-c2ccccc2)c1C1=N/C(=C\c2ccccc2)C(=O)O1. The quantitative estimate of drug-likeness (QED) is 0.538. The molecule has 25 heavy (non-hydrogen) atoms. The van der Waals surface area contributed by atoms with Crippen molar-refractivity contribution in [1.29, 1.82) is 0 Å². The predicted octanol–water partition coefficient (Wildman–Crippen LogP) is 3.99. The van der Waals surface area contributed by atoms with E-state index in [2.05, 4.69) is 10.1 Å². The molecular formula is C20H14N2O3. The Kier molecular flexibility index (Phi) is 3.74. The molecule has 0 N–H and O–H groups in total. The van der Waals surface area contributed by atoms with Gasteiger partial charge in [0.25, 0.3) is 0 Å². The summed E-state index contributed by atoms with van der Waals surface area (Å²) in [5.74, 6) is 0.273. The normalized spacial score (nSPS) is 15.3. The van der Waals surface area contributed by atoms with Crippen molar-refractivity contribution in [1.82, 2.24) is 5.16 Å². The molecule has 0 spiro atoms. The Bertz CT molecular complexity index is 986. The molecule has 0 radical (unpaired) electrons. The fourth-order valence-corrected chi connectivity index (χ4v) is 2.64. The average Bonchev–Trinajstić information content (AvgIpc) is 3.19. The Labute approximate surface area is 144 Å². The highest BCUT2D eigenvalue weighted by Crippen LogP contribution is 2.29. The summed E-state index contributed by atoms with van der Waals surface area (Å²) < 4.78 is 10.7. The number of aromatic nitrogens is 1. The number of hydrogen-bond acceptors (Lipinski definition) is 5. The minimum absolute atomic E-state index is 0.213. The van der Waals surface area contributed by atoms with Gasteiger partial charge in [-0.25, -0.2) is 9.79 Å². The molecule has 122 valence electrons. The molecule has 2 heterocycles. The van der Waals surface area contributed by atoms with E-state index in [1.54, 1.807) is 13.0 Å². The van der Waals surface area contributed by atoms with Crippen molar-refractivity contribution in [3.05, 3.63) is 83.2 Å². The Hall–Kier alpha value is -3.47. The van der Waals surface area contributed by atoms with E-state index in [9.17, 15) is 4.79 Å². The lowest BCUT2D eigenvalue weighted by Crippen LogP contribution is -2.07. The molecule has 0 fully saturated rings. The second kappa shape index (κ2) is 6.20. The van der Waals surface area contributed by atoms with Crippen molar-refractivity contribution in [2.45, 2.75) is 6.92 Å². The summed E-state index contributed by atoms with van der Waals surface area (Å²) in [6.45, 7) is 1.77. The number of hydrogen-bond donors (Lipinski definition) is 0. The van der Waals surface area contributed by atoms with Crippen LogP contribution < -0.4 is 0 Å². The molecule has 1 aliphatic rings. The lowest BCUT2D eigenvalue weighted by atomic mass is 10.1. The molecular weight excluding hydrogens is 316 g/mol. The van der Waals surface area contributed by atoms with Crippen LogP contribution in [-0.4, -0.2) is 17.0 Å². The molecule has 5 heteroatoms. The zero-order valence-corrected chi connectivity index (χ0v) is 13.5. The summed E-state index contributed by atoms with van der Waals surface area (Å²) in [7, 11) is 0. The zero-order valence-electron chi connectivity index (χ0n) is 13.5. The van der Waals surface area contributed by atoms with Crippen LogP contribution in [0.15, 0.2) is 75.9 Å². The van der Waals surface area contributed by atoms with E-state index < -0.39 is 5.97 Å². The number of rotatable bonds is 3. The van der Waals surface area contributed by atoms with Gasteiger partial charge in [0, 0.05) is 5.56 Å². The third-order valence-corrected chi connectivity index (χ3v) is 3.85. The zero-order chi connectivity index (χ0) is 17.2. The van der Waals surface area contributed by atoms with Gasteiger partial charge < -0.3 is 9.26 Å². The van der Waals surface area contributed by atoms with Gasteiger partial charge in [-0.15, -0.1) is 0 Å². The highest BCUT2D eigenvalue weighted by atomic mass is 16.6. The molecule has 4 rings (SSSR count). The fraction of sp³-hybridized carbons (Fsp3) is 0.0500. The first kappa shape index (κ1) is 15.1. The van der Waals surface area contributed by atoms with Gasteiger partial charge in [-0.1, -0.05) is 65.8 Å². The van der Waals surface area contributed by atoms with Crippen LogP contribution in [0.1, 0.15) is 16.9 Å². The van der Waals surface area contributed by atoms with E-state index in [0.717, 1.165) is 11.1 Å². The Morgan fingerprint density at radius 3 is 2.36 bits per heavy atom. The van der Waals surface area contributed by atoms with E-state index >= 15 is 0 Å². The van der Waals surface area contributed by atoms with Crippen LogP contribution in [0, 0.1) is 6.92 Å². The highest BCUT2D eigenvalue weighted by molar-refractivity contribution is 6.15. The van der Waals surface area contributed by atoms with Crippen molar-refractivity contribution in [2.75, 3.05) is 0 Å². The lowest BCUT2D eigenvalue weighted by Gasteiger charge is -2.01. The number of benzene rings is 2. The third kappa shape index (κ3) is 2.87. The molecule has 0 unspecified atom stereocenters. The average molecular weight is 330 g/mol. The number of nitrogens with zero attached hydrogens (tertiary/aromatic N) is 2. The largest absolute Gasteiger partial charge is 0.402 e. The van der Waals surface area contributed by atoms with Crippen LogP contribution >= 0.6 is 0 Å². The molecule has 1 aromatic heterocycles. The van der Waals surface area contributed by atoms with Crippen LogP contribution in [0.4, 0.5) is 0 Å². The van der Waals surface area contributed by atoms with Gasteiger partial charge in [-0.3, -0.25) is 0 Å². The van der Waals surface area contributed by atoms with Gasteiger partial charge in [0.1, 0.15) is 17.0 Å². The number of aryl methyl sites for hydroxylation is 1. The molecule has 0 aliphatic carbocycles. The summed E-state index contributed by atoms with van der Waals surface area (Å²) in [4.78, 5) is 16.5. The van der Waals surface area contributed by atoms with Crippen LogP contribution in [0.5, 0.6) is 0 Å². The monoisotopic (exact) mass is 330 g/mol. The summed E-state index contributed by atoms with van der Waals surface area (Å²) in [6.07, 6.45) is 1.69. The number of carbonyl (C=O) groups excluding carboxylic acids is 1. The standard InChI is InChI=1S/C20H14N2O3/c1-13-17(18(22-25-13)15-10-6-3-7-11-15)19-21-16(20(23)24-19)12-14-8-4-2-5-9-14/h2-12H,1H3/b16-12-. The molecule has 0 amide bonds. The first-order chi connectivity index (χ1) is 12.2. The predicted molar refractivity (Wildman–Crippen MR) is 93.7 cm³/mol. The molecule has 0 atom stereocenters. The van der Waals surface area contributed by atoms with Crippen LogP contribution in [0.3, 0.4) is 0 Å². The van der Waals surface area contributed by atoms with Gasteiger partial charge in [-0.2, -0.15) is 0 Å². The number of ether oxygens (including phenoxy) is 1. The van der Waals surface area contributed by atoms with Crippen molar-refractivity contribution < 1.29 is 14.1 Å². The summed E-state index contributed by atoms with van der Waals surface area (Å²) in [6, 6.07) is 19.1. The molecule has 3 aromatic rings. The first-order valence-corrected chi connectivity index (χ1v) is 7.82. The van der Waals surface area contributed by atoms with Crippen LogP contribution in [-0.2, 0) is 9.53 Å². The van der Waals surface area contributed by atoms with E-state index in [4.69, 9.17) is 9.26 Å². The Balaban J connectivity index is 1.77. The van der Waals surface area contributed by atoms with E-state index in [1.807, 2.05) is 60.7 Å². The summed E-state index contributed by atoms with van der Waals surface area (Å²) >= 11 is 0. The summed E-state index contributed by atoms with van der Waals surface area (Å²) in [5.41, 5.74) is 3.20. The minimum Gasteiger partial charge on any atom is -0.402 e. The number of aliphatic imine (C=N–C) groups is 1. The van der Waals surface area contributed by atoms with Gasteiger partial charge >= 0.3 is 5.97 Å². The third-order valence-electron chi connectivity index (χ3n) is 3.85. The number of carbonyl (C=O) groups is 1. The first-order valence-electron chi connectivity index (χ1n) is 7.82. The van der Waals surface area contributed by atoms with Crippen LogP contribution in [0.2, 0.25) is 0 Å². The molecule has 0 saturated heterocycles. The summed E-state index contributed by atoms with van der Waals surface area (Å²) in [5, 5.41) is 4.10. The molecule has 0 bridgehead atoms. The Morgan fingerprint density at radius 2 is 1.64 bits per heavy atom. The van der Waals surface area contributed by atoms with E-state index in [0.29, 0.717) is 17.0 Å². The Morgan fingerprint density at radius 1 is 0.960 bits per heavy atom. The lowest BCUT2D eigenvalue weighted by molar-refractivity contribution is -0.129. The molecule has 5 nitrogen and oxygen atoms in total. The van der Waals surface area contributed by atoms with Gasteiger partial charge in [0.2, 0.25) is 5.90 Å². The maximum atomic E-state index is 12.2. The van der Waals surface area contributed by atoms with E-state index in [-0.39, 0.29) is 11.6 Å². The smallest absolute Gasteiger partial charge is 0.363 e. The molecule has 0 saturated carbocycles. The van der Waals surface area contributed by atoms with E-state index in [1.165, 1.54) is 0 Å². The maximum absolute atomic E-state index is 12.2. The topological polar surface area (TPSA) is 64.7 Å². The molecule has 2 aromatic carbocycles. The molecule has 1 aliphatic heterocycles. The highest BCUT2D eigenvalue weighted by Gasteiger charge is 2.30. The number of cyclic esters (lactones) is 1. The van der Waals surface area contributed by atoms with Gasteiger partial charge in [0.15, 0.2) is 5.70 Å². The fourth-order valence-electron chi connectivity index (χ4n) is 2.64. The van der Waals surface area contributed by atoms with Crippen LogP contribution in [0.25, 0.3) is 17.3 Å². The van der Waals surface area contributed by atoms with Crippen molar-refractivity contribution in [3.8, 4) is 11.3 Å².